The van der Waals surface area contributed by atoms with Crippen LogP contribution in [0.4, 0.5) is 0 Å². The van der Waals surface area contributed by atoms with Crippen LogP contribution in [0.1, 0.15) is 18.3 Å². The molecule has 6 heteroatoms. The molecule has 0 bridgehead atoms. The Morgan fingerprint density at radius 3 is 2.85 bits per heavy atom. The molecule has 1 aromatic heterocycles. The molecule has 0 aliphatic carbocycles. The number of aryl methyl sites for hydroxylation is 2. The van der Waals surface area contributed by atoms with Crippen molar-refractivity contribution in [2.75, 3.05) is 0 Å². The van der Waals surface area contributed by atoms with Crippen molar-refractivity contribution in [1.29, 1.82) is 0 Å². The van der Waals surface area contributed by atoms with Crippen molar-refractivity contribution in [1.82, 2.24) is 9.78 Å². The maximum absolute atomic E-state index is 8.19. The smallest absolute Gasteiger partial charge is 0.0766 e. The van der Waals surface area contributed by atoms with Crippen molar-refractivity contribution in [3.05, 3.63) is 26.3 Å². The lowest BCUT2D eigenvalue weighted by atomic mass is 10.3. The topological polar surface area (TPSA) is 66.6 Å². The molecule has 0 amide bonds. The molecule has 0 aliphatic rings. The maximum atomic E-state index is 8.19. The van der Waals surface area contributed by atoms with Gasteiger partial charge in [-0.15, -0.1) is 0 Å². The Morgan fingerprint density at radius 1 is 1.69 bits per heavy atom. The molecule has 0 unspecified atom stereocenters. The predicted octanol–water partition coefficient (Wildman–Crippen LogP) is 2.56. The molecule has 0 fully saturated rings. The Hall–Kier alpha value is -1.00. The molecule has 5 nitrogen and oxygen atoms in total. The van der Waals surface area contributed by atoms with Crippen LogP contribution in [0.5, 0.6) is 0 Å². The van der Waals surface area contributed by atoms with Crippen LogP contribution in [0.25, 0.3) is 10.4 Å². The van der Waals surface area contributed by atoms with E-state index in [0.717, 1.165) is 22.3 Å². The number of aromatic nitrogens is 2. The first-order valence-corrected chi connectivity index (χ1v) is 4.71. The predicted molar refractivity (Wildman–Crippen MR) is 53.1 cm³/mol. The van der Waals surface area contributed by atoms with Crippen LogP contribution in [-0.4, -0.2) is 9.78 Å². The zero-order chi connectivity index (χ0) is 9.84. The van der Waals surface area contributed by atoms with E-state index < -0.39 is 0 Å². The third kappa shape index (κ3) is 2.02. The van der Waals surface area contributed by atoms with Crippen LogP contribution >= 0.6 is 15.9 Å². The van der Waals surface area contributed by atoms with Crippen molar-refractivity contribution < 1.29 is 0 Å². The van der Waals surface area contributed by atoms with Crippen LogP contribution in [-0.2, 0) is 20.0 Å². The van der Waals surface area contributed by atoms with E-state index >= 15 is 0 Å². The average molecular weight is 244 g/mol. The van der Waals surface area contributed by atoms with Crippen molar-refractivity contribution in [2.45, 2.75) is 19.9 Å². The third-order valence-corrected chi connectivity index (χ3v) is 2.70. The minimum absolute atomic E-state index is 0.334. The van der Waals surface area contributed by atoms with Gasteiger partial charge in [0.25, 0.3) is 0 Å². The minimum atomic E-state index is 0.334. The summed E-state index contributed by atoms with van der Waals surface area (Å²) in [6, 6.07) is 0. The van der Waals surface area contributed by atoms with Gasteiger partial charge in [-0.3, -0.25) is 4.68 Å². The molecular weight excluding hydrogens is 234 g/mol. The standard InChI is InChI=1S/C7H10BrN5/c1-3-5-7(8)6(4-10-12-9)13(2)11-5/h3-4H2,1-2H3. The molecule has 0 saturated heterocycles. The van der Waals surface area contributed by atoms with Gasteiger partial charge in [-0.05, 0) is 27.9 Å². The summed E-state index contributed by atoms with van der Waals surface area (Å²) in [5.41, 5.74) is 10.1. The summed E-state index contributed by atoms with van der Waals surface area (Å²) in [5.74, 6) is 0. The average Bonchev–Trinajstić information content (AvgIpc) is 2.39. The summed E-state index contributed by atoms with van der Waals surface area (Å²) in [4.78, 5) is 2.71. The van der Waals surface area contributed by atoms with Gasteiger partial charge in [-0.2, -0.15) is 5.10 Å². The van der Waals surface area contributed by atoms with E-state index in [1.165, 1.54) is 0 Å². The molecule has 0 radical (unpaired) electrons. The largest absolute Gasteiger partial charge is 0.271 e. The lowest BCUT2D eigenvalue weighted by Gasteiger charge is -1.95. The Morgan fingerprint density at radius 2 is 2.38 bits per heavy atom. The van der Waals surface area contributed by atoms with Crippen molar-refractivity contribution in [3.63, 3.8) is 0 Å². The lowest BCUT2D eigenvalue weighted by Crippen LogP contribution is -1.96. The first-order valence-electron chi connectivity index (χ1n) is 3.91. The maximum Gasteiger partial charge on any atom is 0.0766 e. The Labute approximate surface area is 84.5 Å². The SMILES string of the molecule is CCc1nn(C)c(CN=[N+]=[N-])c1Br. The third-order valence-electron chi connectivity index (χ3n) is 1.79. The number of azide groups is 1. The second-order valence-electron chi connectivity index (χ2n) is 2.57. The monoisotopic (exact) mass is 243 g/mol. The van der Waals surface area contributed by atoms with E-state index in [0.29, 0.717) is 6.54 Å². The van der Waals surface area contributed by atoms with Gasteiger partial charge in [0, 0.05) is 12.0 Å². The summed E-state index contributed by atoms with van der Waals surface area (Å²) in [6.07, 6.45) is 0.866. The summed E-state index contributed by atoms with van der Waals surface area (Å²) in [7, 11) is 1.84. The molecule has 0 saturated carbocycles. The summed E-state index contributed by atoms with van der Waals surface area (Å²) in [6.45, 7) is 2.37. The summed E-state index contributed by atoms with van der Waals surface area (Å²) in [5, 5.41) is 7.77. The van der Waals surface area contributed by atoms with Gasteiger partial charge in [0.15, 0.2) is 0 Å². The van der Waals surface area contributed by atoms with Gasteiger partial charge >= 0.3 is 0 Å². The number of rotatable bonds is 3. The second-order valence-corrected chi connectivity index (χ2v) is 3.37. The molecule has 0 N–H and O–H groups in total. The van der Waals surface area contributed by atoms with Gasteiger partial charge in [-0.1, -0.05) is 12.0 Å². The molecular formula is C7H10BrN5. The van der Waals surface area contributed by atoms with Crippen LogP contribution < -0.4 is 0 Å². The van der Waals surface area contributed by atoms with Crippen LogP contribution in [0.2, 0.25) is 0 Å². The minimum Gasteiger partial charge on any atom is -0.271 e. The van der Waals surface area contributed by atoms with Crippen LogP contribution in [0.3, 0.4) is 0 Å². The van der Waals surface area contributed by atoms with E-state index in [1.807, 2.05) is 14.0 Å². The number of hydrogen-bond acceptors (Lipinski definition) is 2. The lowest BCUT2D eigenvalue weighted by molar-refractivity contribution is 0.698. The molecule has 1 rings (SSSR count). The number of nitrogens with zero attached hydrogens (tertiary/aromatic N) is 5. The van der Waals surface area contributed by atoms with Crippen molar-refractivity contribution >= 4 is 15.9 Å². The highest BCUT2D eigenvalue weighted by Crippen LogP contribution is 2.21. The van der Waals surface area contributed by atoms with E-state index in [2.05, 4.69) is 31.1 Å². The van der Waals surface area contributed by atoms with Crippen molar-refractivity contribution in [2.24, 2.45) is 12.2 Å². The number of hydrogen-bond donors (Lipinski definition) is 0. The first-order chi connectivity index (χ1) is 6.20. The van der Waals surface area contributed by atoms with Crippen molar-refractivity contribution in [3.8, 4) is 0 Å². The van der Waals surface area contributed by atoms with E-state index in [1.54, 1.807) is 4.68 Å². The van der Waals surface area contributed by atoms with E-state index in [9.17, 15) is 0 Å². The highest BCUT2D eigenvalue weighted by atomic mass is 79.9. The fraction of sp³-hybridized carbons (Fsp3) is 0.571. The zero-order valence-corrected chi connectivity index (χ0v) is 9.11. The Bertz CT molecular complexity index is 350. The fourth-order valence-electron chi connectivity index (χ4n) is 1.09. The quantitative estimate of drug-likeness (QED) is 0.457. The molecule has 1 heterocycles. The first kappa shape index (κ1) is 10.1. The highest BCUT2D eigenvalue weighted by molar-refractivity contribution is 9.10. The fourth-order valence-corrected chi connectivity index (χ4v) is 1.83. The molecule has 13 heavy (non-hydrogen) atoms. The summed E-state index contributed by atoms with van der Waals surface area (Å²) >= 11 is 3.43. The Balaban J connectivity index is 3.05. The highest BCUT2D eigenvalue weighted by Gasteiger charge is 2.10. The number of halogens is 1. The van der Waals surface area contributed by atoms with Crippen LogP contribution in [0, 0.1) is 0 Å². The van der Waals surface area contributed by atoms with Crippen LogP contribution in [0.15, 0.2) is 9.59 Å². The molecule has 70 valence electrons. The van der Waals surface area contributed by atoms with Gasteiger partial charge in [0.1, 0.15) is 0 Å². The molecule has 0 aliphatic heterocycles. The van der Waals surface area contributed by atoms with Gasteiger partial charge < -0.3 is 0 Å². The normalized spacial score (nSPS) is 9.77. The second kappa shape index (κ2) is 4.30. The van der Waals surface area contributed by atoms with Gasteiger partial charge in [0.05, 0.1) is 22.4 Å². The van der Waals surface area contributed by atoms with E-state index in [4.69, 9.17) is 5.53 Å². The van der Waals surface area contributed by atoms with Gasteiger partial charge in [-0.25, -0.2) is 0 Å². The molecule has 0 atom stereocenters. The van der Waals surface area contributed by atoms with E-state index in [-0.39, 0.29) is 0 Å². The Kier molecular flexibility index (Phi) is 3.33. The molecule has 1 aromatic rings. The molecule has 0 spiro atoms. The van der Waals surface area contributed by atoms with Gasteiger partial charge in [0.2, 0.25) is 0 Å². The zero-order valence-electron chi connectivity index (χ0n) is 7.53. The summed E-state index contributed by atoms with van der Waals surface area (Å²) < 4.78 is 2.68. The molecule has 0 aromatic carbocycles.